The van der Waals surface area contributed by atoms with E-state index in [9.17, 15) is 20.0 Å². The first-order chi connectivity index (χ1) is 12.2. The van der Waals surface area contributed by atoms with Gasteiger partial charge in [-0.05, 0) is 51.0 Å². The number of aromatic nitrogens is 1. The first kappa shape index (κ1) is 19.2. The van der Waals surface area contributed by atoms with Crippen LogP contribution in [0.3, 0.4) is 0 Å². The first-order valence-corrected chi connectivity index (χ1v) is 8.05. The van der Waals surface area contributed by atoms with Gasteiger partial charge in [0.1, 0.15) is 5.75 Å². The summed E-state index contributed by atoms with van der Waals surface area (Å²) in [6.07, 6.45) is 0.930. The van der Waals surface area contributed by atoms with Crippen molar-refractivity contribution in [3.05, 3.63) is 58.3 Å². The molecule has 1 N–H and O–H groups in total. The van der Waals surface area contributed by atoms with Crippen molar-refractivity contribution in [1.29, 1.82) is 0 Å². The van der Waals surface area contributed by atoms with Gasteiger partial charge in [-0.25, -0.2) is 9.78 Å². The third-order valence-electron chi connectivity index (χ3n) is 3.73. The molecule has 1 aromatic heterocycles. The molecule has 0 aliphatic heterocycles. The quantitative estimate of drug-likeness (QED) is 0.615. The summed E-state index contributed by atoms with van der Waals surface area (Å²) in [6, 6.07) is 9.78. The molecule has 0 bridgehead atoms. The number of nitrogens with zero attached hydrogens (tertiary/aromatic N) is 3. The van der Waals surface area contributed by atoms with E-state index in [1.807, 2.05) is 26.8 Å². The highest BCUT2D eigenvalue weighted by Gasteiger charge is 2.25. The Hall–Kier alpha value is -3.16. The lowest BCUT2D eigenvalue weighted by molar-refractivity contribution is -0.386. The minimum atomic E-state index is -0.978. The molecule has 1 heterocycles. The van der Waals surface area contributed by atoms with E-state index in [0.717, 1.165) is 5.56 Å². The topological polar surface area (TPSA) is 106 Å². The molecule has 0 atom stereocenters. The van der Waals surface area contributed by atoms with Crippen molar-refractivity contribution in [3.8, 4) is 11.6 Å². The van der Waals surface area contributed by atoms with Gasteiger partial charge in [-0.15, -0.1) is 0 Å². The average molecular weight is 359 g/mol. The van der Waals surface area contributed by atoms with Gasteiger partial charge in [0.15, 0.2) is 0 Å². The van der Waals surface area contributed by atoms with Crippen LogP contribution in [0.2, 0.25) is 0 Å². The van der Waals surface area contributed by atoms with E-state index in [4.69, 9.17) is 4.74 Å². The van der Waals surface area contributed by atoms with E-state index in [1.165, 1.54) is 23.2 Å². The lowest BCUT2D eigenvalue weighted by atomic mass is 10.0. The van der Waals surface area contributed by atoms with Crippen molar-refractivity contribution in [2.75, 3.05) is 6.54 Å². The minimum Gasteiger partial charge on any atom is -0.465 e. The maximum absolute atomic E-state index is 11.4. The maximum Gasteiger partial charge on any atom is 0.407 e. The van der Waals surface area contributed by atoms with Crippen LogP contribution >= 0.6 is 0 Å². The molecule has 2 rings (SSSR count). The van der Waals surface area contributed by atoms with Crippen molar-refractivity contribution < 1.29 is 19.6 Å². The van der Waals surface area contributed by atoms with Gasteiger partial charge in [0, 0.05) is 24.3 Å². The van der Waals surface area contributed by atoms with Crippen molar-refractivity contribution in [2.24, 2.45) is 0 Å². The number of amides is 1. The third kappa shape index (κ3) is 4.92. The zero-order chi connectivity index (χ0) is 19.3. The number of rotatable bonds is 6. The maximum atomic E-state index is 11.4. The molecule has 0 saturated heterocycles. The second-order valence-corrected chi connectivity index (χ2v) is 6.69. The van der Waals surface area contributed by atoms with Crippen LogP contribution in [0, 0.1) is 10.1 Å². The summed E-state index contributed by atoms with van der Waals surface area (Å²) in [6.45, 7) is 5.83. The summed E-state index contributed by atoms with van der Waals surface area (Å²) in [7, 11) is 0. The minimum absolute atomic E-state index is 0.0866. The molecule has 26 heavy (non-hydrogen) atoms. The SMILES string of the molecule is CC(C)(C)N(CCc1cccc(Oc2ncccc2[N+](=O)[O-])c1)C(=O)O. The van der Waals surface area contributed by atoms with Crippen molar-refractivity contribution in [2.45, 2.75) is 32.7 Å². The number of nitro groups is 1. The van der Waals surface area contributed by atoms with Gasteiger partial charge in [0.25, 0.3) is 5.88 Å². The summed E-state index contributed by atoms with van der Waals surface area (Å²) >= 11 is 0. The van der Waals surface area contributed by atoms with E-state index in [-0.39, 0.29) is 11.6 Å². The molecule has 2 aromatic rings. The molecule has 0 unspecified atom stereocenters. The standard InChI is InChI=1S/C18H21N3O5/c1-18(2,3)20(17(22)23)11-9-13-6-4-7-14(12-13)26-16-15(21(24)25)8-5-10-19-16/h4-8,10,12H,9,11H2,1-3H3,(H,22,23). The van der Waals surface area contributed by atoms with Crippen LogP contribution in [-0.2, 0) is 6.42 Å². The Balaban J connectivity index is 2.14. The Morgan fingerprint density at radius 3 is 2.65 bits per heavy atom. The van der Waals surface area contributed by atoms with Crippen LogP contribution in [0.5, 0.6) is 11.6 Å². The fourth-order valence-corrected chi connectivity index (χ4v) is 2.43. The number of ether oxygens (including phenoxy) is 1. The van der Waals surface area contributed by atoms with Crippen LogP contribution in [0.25, 0.3) is 0 Å². The second kappa shape index (κ2) is 7.81. The number of benzene rings is 1. The number of hydrogen-bond donors (Lipinski definition) is 1. The van der Waals surface area contributed by atoms with Crippen LogP contribution in [0.1, 0.15) is 26.3 Å². The fourth-order valence-electron chi connectivity index (χ4n) is 2.43. The first-order valence-electron chi connectivity index (χ1n) is 8.05. The van der Waals surface area contributed by atoms with Gasteiger partial charge in [0.05, 0.1) is 4.92 Å². The van der Waals surface area contributed by atoms with E-state index in [1.54, 1.807) is 18.2 Å². The molecular formula is C18H21N3O5. The smallest absolute Gasteiger partial charge is 0.407 e. The molecule has 1 aromatic carbocycles. The van der Waals surface area contributed by atoms with Gasteiger partial charge in [-0.1, -0.05) is 12.1 Å². The predicted molar refractivity (Wildman–Crippen MR) is 95.6 cm³/mol. The number of carboxylic acid groups (broad SMARTS) is 1. The number of carbonyl (C=O) groups is 1. The predicted octanol–water partition coefficient (Wildman–Crippen LogP) is 4.10. The molecule has 0 radical (unpaired) electrons. The molecule has 0 aliphatic rings. The Bertz CT molecular complexity index is 801. The molecule has 0 saturated carbocycles. The Morgan fingerprint density at radius 2 is 2.04 bits per heavy atom. The van der Waals surface area contributed by atoms with Crippen LogP contribution < -0.4 is 4.74 Å². The monoisotopic (exact) mass is 359 g/mol. The molecule has 0 aliphatic carbocycles. The average Bonchev–Trinajstić information content (AvgIpc) is 2.54. The lowest BCUT2D eigenvalue weighted by Crippen LogP contribution is -2.45. The normalized spacial score (nSPS) is 11.0. The van der Waals surface area contributed by atoms with E-state index in [2.05, 4.69) is 4.98 Å². The molecule has 0 fully saturated rings. The zero-order valence-corrected chi connectivity index (χ0v) is 14.9. The Labute approximate surface area is 151 Å². The molecular weight excluding hydrogens is 338 g/mol. The summed E-state index contributed by atoms with van der Waals surface area (Å²) in [5.41, 5.74) is 0.133. The van der Waals surface area contributed by atoms with Gasteiger partial charge < -0.3 is 14.7 Å². The van der Waals surface area contributed by atoms with Gasteiger partial charge in [-0.2, -0.15) is 0 Å². The van der Waals surface area contributed by atoms with Gasteiger partial charge in [0.2, 0.25) is 0 Å². The summed E-state index contributed by atoms with van der Waals surface area (Å²) in [5.74, 6) is 0.318. The van der Waals surface area contributed by atoms with E-state index >= 15 is 0 Å². The van der Waals surface area contributed by atoms with Crippen LogP contribution in [0.15, 0.2) is 42.6 Å². The summed E-state index contributed by atoms with van der Waals surface area (Å²) in [5, 5.41) is 20.4. The Morgan fingerprint density at radius 1 is 1.31 bits per heavy atom. The van der Waals surface area contributed by atoms with Crippen molar-refractivity contribution in [1.82, 2.24) is 9.88 Å². The van der Waals surface area contributed by atoms with Gasteiger partial charge >= 0.3 is 11.8 Å². The van der Waals surface area contributed by atoms with Crippen molar-refractivity contribution in [3.63, 3.8) is 0 Å². The third-order valence-corrected chi connectivity index (χ3v) is 3.73. The largest absolute Gasteiger partial charge is 0.465 e. The number of pyridine rings is 1. The highest BCUT2D eigenvalue weighted by atomic mass is 16.6. The molecule has 0 spiro atoms. The van der Waals surface area contributed by atoms with Crippen molar-refractivity contribution >= 4 is 11.8 Å². The van der Waals surface area contributed by atoms with E-state index < -0.39 is 16.6 Å². The highest BCUT2D eigenvalue weighted by molar-refractivity contribution is 5.66. The van der Waals surface area contributed by atoms with Crippen LogP contribution in [-0.4, -0.2) is 38.1 Å². The lowest BCUT2D eigenvalue weighted by Gasteiger charge is -2.33. The summed E-state index contributed by atoms with van der Waals surface area (Å²) < 4.78 is 5.55. The van der Waals surface area contributed by atoms with Gasteiger partial charge in [-0.3, -0.25) is 10.1 Å². The highest BCUT2D eigenvalue weighted by Crippen LogP contribution is 2.29. The zero-order valence-electron chi connectivity index (χ0n) is 14.9. The molecule has 8 heteroatoms. The molecule has 8 nitrogen and oxygen atoms in total. The second-order valence-electron chi connectivity index (χ2n) is 6.69. The molecule has 138 valence electrons. The number of hydrogen-bond acceptors (Lipinski definition) is 5. The van der Waals surface area contributed by atoms with Crippen LogP contribution in [0.4, 0.5) is 10.5 Å². The fraction of sp³-hybridized carbons (Fsp3) is 0.333. The molecule has 1 amide bonds. The van der Waals surface area contributed by atoms with E-state index in [0.29, 0.717) is 18.7 Å². The Kier molecular flexibility index (Phi) is 5.76. The summed E-state index contributed by atoms with van der Waals surface area (Å²) in [4.78, 5) is 27.2.